The highest BCUT2D eigenvalue weighted by molar-refractivity contribution is 9.10. The lowest BCUT2D eigenvalue weighted by molar-refractivity contribution is -0.131. The average Bonchev–Trinajstić information content (AvgIpc) is 2.70. The van der Waals surface area contributed by atoms with E-state index < -0.39 is 0 Å². The summed E-state index contributed by atoms with van der Waals surface area (Å²) in [6.07, 6.45) is 6.78. The first-order valence-corrected chi connectivity index (χ1v) is 7.87. The number of fused-ring (bicyclic) bond motifs is 2. The first-order chi connectivity index (χ1) is 9.65. The molecule has 1 amide bonds. The van der Waals surface area contributed by atoms with Crippen LogP contribution in [-0.2, 0) is 4.79 Å². The third kappa shape index (κ3) is 2.67. The van der Waals surface area contributed by atoms with Gasteiger partial charge in [0.25, 0.3) is 0 Å². The van der Waals surface area contributed by atoms with E-state index in [9.17, 15) is 9.90 Å². The Bertz CT molecular complexity index is 529. The van der Waals surface area contributed by atoms with Crippen LogP contribution in [0.4, 0.5) is 0 Å². The molecule has 1 N–H and O–H groups in total. The van der Waals surface area contributed by atoms with Crippen LogP contribution < -0.4 is 0 Å². The molecule has 2 aliphatic rings. The monoisotopic (exact) mass is 335 g/mol. The van der Waals surface area contributed by atoms with E-state index >= 15 is 0 Å². The van der Waals surface area contributed by atoms with E-state index in [1.54, 1.807) is 6.08 Å². The topological polar surface area (TPSA) is 40.5 Å². The molecule has 1 aromatic carbocycles. The molecular weight excluding hydrogens is 318 g/mol. The van der Waals surface area contributed by atoms with Gasteiger partial charge in [-0.15, -0.1) is 0 Å². The highest BCUT2D eigenvalue weighted by Gasteiger charge is 2.41. The van der Waals surface area contributed by atoms with Crippen LogP contribution >= 0.6 is 15.9 Å². The molecule has 2 heterocycles. The summed E-state index contributed by atoms with van der Waals surface area (Å²) in [6.45, 7) is 0. The lowest BCUT2D eigenvalue weighted by Crippen LogP contribution is -2.47. The number of rotatable bonds is 2. The molecule has 2 saturated heterocycles. The van der Waals surface area contributed by atoms with Crippen molar-refractivity contribution in [1.82, 2.24) is 4.90 Å². The summed E-state index contributed by atoms with van der Waals surface area (Å²) < 4.78 is 0.987. The molecule has 0 radical (unpaired) electrons. The Morgan fingerprint density at radius 1 is 1.25 bits per heavy atom. The van der Waals surface area contributed by atoms with Gasteiger partial charge in [0.05, 0.1) is 6.10 Å². The van der Waals surface area contributed by atoms with Gasteiger partial charge < -0.3 is 10.0 Å². The van der Waals surface area contributed by atoms with Crippen LogP contribution in [0, 0.1) is 0 Å². The maximum Gasteiger partial charge on any atom is 0.247 e. The number of hydrogen-bond acceptors (Lipinski definition) is 2. The highest BCUT2D eigenvalue weighted by Crippen LogP contribution is 2.35. The molecule has 20 heavy (non-hydrogen) atoms. The van der Waals surface area contributed by atoms with Crippen LogP contribution in [0.5, 0.6) is 0 Å². The number of benzene rings is 1. The summed E-state index contributed by atoms with van der Waals surface area (Å²) in [6, 6.07) is 8.29. The molecule has 2 bridgehead atoms. The zero-order valence-electron chi connectivity index (χ0n) is 11.2. The molecule has 2 unspecified atom stereocenters. The first-order valence-electron chi connectivity index (χ1n) is 7.08. The number of carbonyl (C=O) groups excluding carboxylic acids is 1. The summed E-state index contributed by atoms with van der Waals surface area (Å²) in [5.41, 5.74) is 1.00. The minimum atomic E-state index is -0.233. The Kier molecular flexibility index (Phi) is 3.94. The van der Waals surface area contributed by atoms with Gasteiger partial charge in [0.15, 0.2) is 0 Å². The third-order valence-corrected chi connectivity index (χ3v) is 5.00. The van der Waals surface area contributed by atoms with E-state index in [2.05, 4.69) is 15.9 Å². The summed E-state index contributed by atoms with van der Waals surface area (Å²) in [7, 11) is 0. The summed E-state index contributed by atoms with van der Waals surface area (Å²) >= 11 is 3.48. The van der Waals surface area contributed by atoms with Gasteiger partial charge in [-0.2, -0.15) is 0 Å². The Labute approximate surface area is 127 Å². The fraction of sp³-hybridized carbons (Fsp3) is 0.438. The molecule has 3 nitrogen and oxygen atoms in total. The minimum absolute atomic E-state index is 0.0696. The predicted octanol–water partition coefficient (Wildman–Crippen LogP) is 2.98. The van der Waals surface area contributed by atoms with E-state index in [1.807, 2.05) is 35.2 Å². The van der Waals surface area contributed by atoms with Gasteiger partial charge >= 0.3 is 0 Å². The van der Waals surface area contributed by atoms with Crippen LogP contribution in [0.2, 0.25) is 0 Å². The molecule has 0 spiro atoms. The third-order valence-electron chi connectivity index (χ3n) is 4.27. The number of nitrogens with zero attached hydrogens (tertiary/aromatic N) is 1. The molecule has 0 saturated carbocycles. The lowest BCUT2D eigenvalue weighted by atomic mass is 10.00. The number of carbonyl (C=O) groups is 1. The number of amides is 1. The molecule has 2 atom stereocenters. The smallest absolute Gasteiger partial charge is 0.247 e. The van der Waals surface area contributed by atoms with Gasteiger partial charge in [-0.05, 0) is 43.4 Å². The van der Waals surface area contributed by atoms with Gasteiger partial charge in [0.1, 0.15) is 0 Å². The molecule has 2 aliphatic heterocycles. The Balaban J connectivity index is 1.73. The van der Waals surface area contributed by atoms with Crippen molar-refractivity contribution < 1.29 is 9.90 Å². The summed E-state index contributed by atoms with van der Waals surface area (Å²) in [5.74, 6) is 0.0696. The normalized spacial score (nSPS) is 29.1. The van der Waals surface area contributed by atoms with Gasteiger partial charge in [0.2, 0.25) is 5.91 Å². The molecule has 4 heteroatoms. The molecule has 106 valence electrons. The zero-order valence-corrected chi connectivity index (χ0v) is 12.8. The highest BCUT2D eigenvalue weighted by atomic mass is 79.9. The van der Waals surface area contributed by atoms with Crippen molar-refractivity contribution in [2.24, 2.45) is 0 Å². The molecule has 0 aromatic heterocycles. The van der Waals surface area contributed by atoms with Crippen LogP contribution in [0.25, 0.3) is 6.08 Å². The number of hydrogen-bond donors (Lipinski definition) is 1. The zero-order chi connectivity index (χ0) is 14.1. The van der Waals surface area contributed by atoms with Gasteiger partial charge in [-0.3, -0.25) is 4.79 Å². The Morgan fingerprint density at radius 2 is 1.90 bits per heavy atom. The first kappa shape index (κ1) is 13.8. The fourth-order valence-electron chi connectivity index (χ4n) is 3.37. The van der Waals surface area contributed by atoms with Crippen molar-refractivity contribution in [3.05, 3.63) is 40.4 Å². The van der Waals surface area contributed by atoms with Gasteiger partial charge in [-0.1, -0.05) is 34.1 Å². The lowest BCUT2D eigenvalue weighted by Gasteiger charge is -2.36. The van der Waals surface area contributed by atoms with E-state index in [-0.39, 0.29) is 24.1 Å². The van der Waals surface area contributed by atoms with Crippen molar-refractivity contribution in [2.45, 2.75) is 43.9 Å². The predicted molar refractivity (Wildman–Crippen MR) is 82.1 cm³/mol. The second kappa shape index (κ2) is 5.70. The number of piperidine rings is 1. The summed E-state index contributed by atoms with van der Waals surface area (Å²) in [4.78, 5) is 14.4. The Hall–Kier alpha value is -1.13. The molecule has 0 aliphatic carbocycles. The number of aliphatic hydroxyl groups is 1. The van der Waals surface area contributed by atoms with Crippen molar-refractivity contribution in [3.8, 4) is 0 Å². The largest absolute Gasteiger partial charge is 0.393 e. The quantitative estimate of drug-likeness (QED) is 0.844. The maximum atomic E-state index is 12.4. The molecule has 2 fully saturated rings. The standard InChI is InChI=1S/C16H18BrNO2/c17-15-4-2-1-3-11(15)5-8-16(20)18-12-6-7-13(18)10-14(19)9-12/h1-5,8,12-14,19H,6-7,9-10H2. The van der Waals surface area contributed by atoms with Crippen molar-refractivity contribution >= 4 is 27.9 Å². The minimum Gasteiger partial charge on any atom is -0.393 e. The molecular formula is C16H18BrNO2. The Morgan fingerprint density at radius 3 is 2.55 bits per heavy atom. The maximum absolute atomic E-state index is 12.4. The molecule has 3 rings (SSSR count). The molecule has 1 aromatic rings. The second-order valence-electron chi connectivity index (χ2n) is 5.61. The number of aliphatic hydroxyl groups excluding tert-OH is 1. The van der Waals surface area contributed by atoms with E-state index in [0.717, 1.165) is 35.7 Å². The van der Waals surface area contributed by atoms with E-state index in [1.165, 1.54) is 0 Å². The summed E-state index contributed by atoms with van der Waals surface area (Å²) in [5, 5.41) is 9.77. The number of halogens is 1. The van der Waals surface area contributed by atoms with Crippen LogP contribution in [-0.4, -0.2) is 34.1 Å². The SMILES string of the molecule is O=C(C=Cc1ccccc1Br)N1C2CCC1CC(O)C2. The average molecular weight is 336 g/mol. The van der Waals surface area contributed by atoms with Crippen molar-refractivity contribution in [2.75, 3.05) is 0 Å². The fourth-order valence-corrected chi connectivity index (χ4v) is 3.78. The van der Waals surface area contributed by atoms with Crippen molar-refractivity contribution in [3.63, 3.8) is 0 Å². The van der Waals surface area contributed by atoms with Crippen LogP contribution in [0.3, 0.4) is 0 Å². The van der Waals surface area contributed by atoms with E-state index in [4.69, 9.17) is 0 Å². The van der Waals surface area contributed by atoms with Crippen LogP contribution in [0.15, 0.2) is 34.8 Å². The van der Waals surface area contributed by atoms with Gasteiger partial charge in [0, 0.05) is 22.6 Å². The second-order valence-corrected chi connectivity index (χ2v) is 6.46. The van der Waals surface area contributed by atoms with E-state index in [0.29, 0.717) is 0 Å². The van der Waals surface area contributed by atoms with Gasteiger partial charge in [-0.25, -0.2) is 0 Å². The van der Waals surface area contributed by atoms with Crippen LogP contribution in [0.1, 0.15) is 31.2 Å². The van der Waals surface area contributed by atoms with Crippen molar-refractivity contribution in [1.29, 1.82) is 0 Å².